The highest BCUT2D eigenvalue weighted by Gasteiger charge is 2.14. The Kier molecular flexibility index (Phi) is 3.64. The number of nitrogens with one attached hydrogen (secondary N) is 1. The average Bonchev–Trinajstić information content (AvgIpc) is 2.85. The van der Waals surface area contributed by atoms with Gasteiger partial charge in [-0.15, -0.1) is 0 Å². The van der Waals surface area contributed by atoms with Crippen LogP contribution in [0, 0.1) is 0 Å². The molecule has 3 nitrogen and oxygen atoms in total. The van der Waals surface area contributed by atoms with Crippen LogP contribution in [-0.4, -0.2) is 49.6 Å². The monoisotopic (exact) mass is 245 g/mol. The van der Waals surface area contributed by atoms with E-state index in [1.165, 1.54) is 55.8 Å². The number of hydrogen-bond acceptors (Lipinski definition) is 3. The lowest BCUT2D eigenvalue weighted by molar-refractivity contribution is 0.155. The summed E-state index contributed by atoms with van der Waals surface area (Å²) in [5.41, 5.74) is 4.49. The minimum absolute atomic E-state index is 1.05. The Hall–Kier alpha value is -0.900. The predicted octanol–water partition coefficient (Wildman–Crippen LogP) is 1.08. The van der Waals surface area contributed by atoms with E-state index in [-0.39, 0.29) is 0 Å². The highest BCUT2D eigenvalue weighted by Crippen LogP contribution is 2.17. The van der Waals surface area contributed by atoms with Crippen molar-refractivity contribution in [2.75, 3.05) is 39.8 Å². The quantitative estimate of drug-likeness (QED) is 0.860. The lowest BCUT2D eigenvalue weighted by atomic mass is 10.0. The molecular formula is C15H23N3. The lowest BCUT2D eigenvalue weighted by Crippen LogP contribution is -2.45. The average molecular weight is 245 g/mol. The number of fused-ring (bicyclic) bond motifs is 1. The maximum absolute atomic E-state index is 3.41. The fraction of sp³-hybridized carbons (Fsp3) is 0.600. The summed E-state index contributed by atoms with van der Waals surface area (Å²) in [6, 6.07) is 7.00. The molecular weight excluding hydrogens is 222 g/mol. The van der Waals surface area contributed by atoms with Gasteiger partial charge in [0.15, 0.2) is 0 Å². The third-order valence-corrected chi connectivity index (χ3v) is 4.21. The van der Waals surface area contributed by atoms with Gasteiger partial charge < -0.3 is 15.1 Å². The van der Waals surface area contributed by atoms with Gasteiger partial charge in [-0.25, -0.2) is 0 Å². The molecule has 3 heteroatoms. The summed E-state index contributed by atoms with van der Waals surface area (Å²) in [4.78, 5) is 5.00. The van der Waals surface area contributed by atoms with E-state index in [0.717, 1.165) is 13.1 Å². The second kappa shape index (κ2) is 5.39. The van der Waals surface area contributed by atoms with Crippen molar-refractivity contribution in [3.8, 4) is 0 Å². The topological polar surface area (TPSA) is 18.5 Å². The Balaban J connectivity index is 1.54. The van der Waals surface area contributed by atoms with Gasteiger partial charge in [0, 0.05) is 45.8 Å². The molecule has 2 aliphatic heterocycles. The molecule has 0 saturated carbocycles. The highest BCUT2D eigenvalue weighted by molar-refractivity contribution is 5.34. The summed E-state index contributed by atoms with van der Waals surface area (Å²) in [6.07, 6.45) is 1.19. The maximum atomic E-state index is 3.41. The standard InChI is InChI=1S/C15H23N3/c1-17-6-8-18(9-7-17)5-4-13-2-3-14-11-16-12-15(14)10-13/h2-3,10,16H,4-9,11-12H2,1H3. The van der Waals surface area contributed by atoms with Crippen LogP contribution < -0.4 is 5.32 Å². The first kappa shape index (κ1) is 12.2. The van der Waals surface area contributed by atoms with Crippen molar-refractivity contribution in [2.45, 2.75) is 19.5 Å². The van der Waals surface area contributed by atoms with E-state index in [4.69, 9.17) is 0 Å². The Morgan fingerprint density at radius 2 is 1.83 bits per heavy atom. The number of rotatable bonds is 3. The minimum atomic E-state index is 1.05. The fourth-order valence-electron chi connectivity index (χ4n) is 2.86. The molecule has 1 aromatic rings. The van der Waals surface area contributed by atoms with Gasteiger partial charge in [0.2, 0.25) is 0 Å². The van der Waals surface area contributed by atoms with Crippen LogP contribution in [0.4, 0.5) is 0 Å². The summed E-state index contributed by atoms with van der Waals surface area (Å²) in [6.45, 7) is 8.19. The molecule has 0 bridgehead atoms. The smallest absolute Gasteiger partial charge is 0.0212 e. The lowest BCUT2D eigenvalue weighted by Gasteiger charge is -2.32. The molecule has 0 unspecified atom stereocenters. The van der Waals surface area contributed by atoms with Crippen LogP contribution in [0.3, 0.4) is 0 Å². The molecule has 1 aromatic carbocycles. The molecule has 0 radical (unpaired) electrons. The summed E-state index contributed by atoms with van der Waals surface area (Å²) < 4.78 is 0. The number of hydrogen-bond donors (Lipinski definition) is 1. The van der Waals surface area contributed by atoms with Crippen LogP contribution in [-0.2, 0) is 19.5 Å². The van der Waals surface area contributed by atoms with Crippen LogP contribution in [0.1, 0.15) is 16.7 Å². The fourth-order valence-corrected chi connectivity index (χ4v) is 2.86. The minimum Gasteiger partial charge on any atom is -0.309 e. The second-order valence-corrected chi connectivity index (χ2v) is 5.60. The van der Waals surface area contributed by atoms with Gasteiger partial charge in [0.25, 0.3) is 0 Å². The van der Waals surface area contributed by atoms with E-state index in [9.17, 15) is 0 Å². The summed E-state index contributed by atoms with van der Waals surface area (Å²) >= 11 is 0. The third kappa shape index (κ3) is 2.74. The zero-order valence-electron chi connectivity index (χ0n) is 11.3. The first-order valence-corrected chi connectivity index (χ1v) is 7.03. The van der Waals surface area contributed by atoms with Gasteiger partial charge in [-0.3, -0.25) is 0 Å². The molecule has 2 heterocycles. The van der Waals surface area contributed by atoms with Crippen molar-refractivity contribution in [1.82, 2.24) is 15.1 Å². The van der Waals surface area contributed by atoms with Gasteiger partial charge in [-0.1, -0.05) is 18.2 Å². The van der Waals surface area contributed by atoms with E-state index >= 15 is 0 Å². The Morgan fingerprint density at radius 1 is 1.06 bits per heavy atom. The summed E-state index contributed by atoms with van der Waals surface area (Å²) in [7, 11) is 2.21. The molecule has 1 saturated heterocycles. The molecule has 0 amide bonds. The van der Waals surface area contributed by atoms with Crippen molar-refractivity contribution in [2.24, 2.45) is 0 Å². The van der Waals surface area contributed by atoms with Crippen molar-refractivity contribution < 1.29 is 0 Å². The zero-order valence-corrected chi connectivity index (χ0v) is 11.3. The Bertz CT molecular complexity index is 408. The van der Waals surface area contributed by atoms with E-state index in [0.29, 0.717) is 0 Å². The van der Waals surface area contributed by atoms with Crippen molar-refractivity contribution in [3.63, 3.8) is 0 Å². The van der Waals surface area contributed by atoms with Crippen LogP contribution in [0.5, 0.6) is 0 Å². The summed E-state index contributed by atoms with van der Waals surface area (Å²) in [5.74, 6) is 0. The molecule has 98 valence electrons. The van der Waals surface area contributed by atoms with Gasteiger partial charge in [-0.2, -0.15) is 0 Å². The van der Waals surface area contributed by atoms with E-state index in [1.807, 2.05) is 0 Å². The second-order valence-electron chi connectivity index (χ2n) is 5.60. The SMILES string of the molecule is CN1CCN(CCc2ccc3c(c2)CNC3)CC1. The first-order chi connectivity index (χ1) is 8.81. The molecule has 0 aromatic heterocycles. The zero-order chi connectivity index (χ0) is 12.4. The maximum Gasteiger partial charge on any atom is 0.0212 e. The number of likely N-dealkylation sites (N-methyl/N-ethyl adjacent to an activating group) is 1. The Labute approximate surface area is 110 Å². The molecule has 3 rings (SSSR count). The molecule has 1 N–H and O–H groups in total. The molecule has 2 aliphatic rings. The van der Waals surface area contributed by atoms with Crippen molar-refractivity contribution >= 4 is 0 Å². The molecule has 0 atom stereocenters. The van der Waals surface area contributed by atoms with Gasteiger partial charge in [0.1, 0.15) is 0 Å². The first-order valence-electron chi connectivity index (χ1n) is 7.03. The van der Waals surface area contributed by atoms with Crippen molar-refractivity contribution in [1.29, 1.82) is 0 Å². The van der Waals surface area contributed by atoms with Crippen LogP contribution in [0.2, 0.25) is 0 Å². The number of benzene rings is 1. The van der Waals surface area contributed by atoms with Crippen LogP contribution >= 0.6 is 0 Å². The molecule has 18 heavy (non-hydrogen) atoms. The van der Waals surface area contributed by atoms with E-state index < -0.39 is 0 Å². The molecule has 0 aliphatic carbocycles. The van der Waals surface area contributed by atoms with E-state index in [1.54, 1.807) is 0 Å². The van der Waals surface area contributed by atoms with E-state index in [2.05, 4.69) is 40.4 Å². The predicted molar refractivity (Wildman–Crippen MR) is 74.6 cm³/mol. The molecule has 1 fully saturated rings. The summed E-state index contributed by atoms with van der Waals surface area (Å²) in [5, 5.41) is 3.41. The van der Waals surface area contributed by atoms with Gasteiger partial charge >= 0.3 is 0 Å². The van der Waals surface area contributed by atoms with Gasteiger partial charge in [0.05, 0.1) is 0 Å². The van der Waals surface area contributed by atoms with Crippen LogP contribution in [0.15, 0.2) is 18.2 Å². The highest BCUT2D eigenvalue weighted by atomic mass is 15.2. The third-order valence-electron chi connectivity index (χ3n) is 4.21. The van der Waals surface area contributed by atoms with Gasteiger partial charge in [-0.05, 0) is 30.2 Å². The normalized spacial score (nSPS) is 21.2. The number of piperazine rings is 1. The largest absolute Gasteiger partial charge is 0.309 e. The van der Waals surface area contributed by atoms with Crippen LogP contribution in [0.25, 0.3) is 0 Å². The van der Waals surface area contributed by atoms with Crippen molar-refractivity contribution in [3.05, 3.63) is 34.9 Å². The number of nitrogens with zero attached hydrogens (tertiary/aromatic N) is 2. The molecule has 0 spiro atoms. The Morgan fingerprint density at radius 3 is 2.67 bits per heavy atom.